The van der Waals surface area contributed by atoms with Gasteiger partial charge in [0, 0.05) is 29.3 Å². The van der Waals surface area contributed by atoms with E-state index in [9.17, 15) is 14.7 Å². The van der Waals surface area contributed by atoms with Crippen LogP contribution in [-0.4, -0.2) is 40.0 Å². The number of benzene rings is 1. The molecule has 136 valence electrons. The minimum absolute atomic E-state index is 0.0297. The highest BCUT2D eigenvalue weighted by molar-refractivity contribution is 7.80. The second-order valence-corrected chi connectivity index (χ2v) is 6.61. The van der Waals surface area contributed by atoms with Crippen LogP contribution in [0.15, 0.2) is 30.5 Å². The van der Waals surface area contributed by atoms with Crippen LogP contribution < -0.4 is 11.1 Å². The Balaban J connectivity index is 2.10. The Bertz CT molecular complexity index is 744. The molecule has 1 aromatic carbocycles. The van der Waals surface area contributed by atoms with E-state index < -0.39 is 6.09 Å². The van der Waals surface area contributed by atoms with Crippen LogP contribution in [0.4, 0.5) is 4.79 Å². The van der Waals surface area contributed by atoms with Crippen LogP contribution in [0.5, 0.6) is 0 Å². The molecule has 0 aliphatic rings. The summed E-state index contributed by atoms with van der Waals surface area (Å²) in [5, 5.41) is 13.2. The molecule has 25 heavy (non-hydrogen) atoms. The van der Waals surface area contributed by atoms with Gasteiger partial charge in [-0.25, -0.2) is 4.79 Å². The first-order valence-corrected chi connectivity index (χ1v) is 9.04. The molecule has 2 rings (SSSR count). The average Bonchev–Trinajstić information content (AvgIpc) is 2.94. The predicted molar refractivity (Wildman–Crippen MR) is 102 cm³/mol. The Morgan fingerprint density at radius 3 is 2.72 bits per heavy atom. The van der Waals surface area contributed by atoms with Crippen molar-refractivity contribution in [3.63, 3.8) is 0 Å². The highest BCUT2D eigenvalue weighted by atomic mass is 32.1. The van der Waals surface area contributed by atoms with Crippen LogP contribution in [0.1, 0.15) is 25.3 Å². The minimum Gasteiger partial charge on any atom is -0.464 e. The van der Waals surface area contributed by atoms with E-state index in [-0.39, 0.29) is 17.9 Å². The van der Waals surface area contributed by atoms with Crippen molar-refractivity contribution in [2.24, 2.45) is 11.7 Å². The summed E-state index contributed by atoms with van der Waals surface area (Å²) in [5.74, 6) is 0.296. The topological polar surface area (TPSA) is 97.4 Å². The number of amides is 1. The molecular weight excluding hydrogens is 338 g/mol. The van der Waals surface area contributed by atoms with Gasteiger partial charge in [0.1, 0.15) is 0 Å². The molecular formula is C18H25N3O3S. The first-order chi connectivity index (χ1) is 12.0. The predicted octanol–water partition coefficient (Wildman–Crippen LogP) is 2.50. The third-order valence-electron chi connectivity index (χ3n) is 4.26. The molecule has 1 amide bonds. The number of carbonyl (C=O) groups is 2. The molecule has 0 spiro atoms. The molecule has 1 aromatic heterocycles. The lowest BCUT2D eigenvalue weighted by Crippen LogP contribution is -2.39. The molecule has 6 nitrogen and oxygen atoms in total. The lowest BCUT2D eigenvalue weighted by molar-refractivity contribution is -0.125. The van der Waals surface area contributed by atoms with Crippen molar-refractivity contribution in [1.29, 1.82) is 0 Å². The Morgan fingerprint density at radius 2 is 2.08 bits per heavy atom. The Kier molecular flexibility index (Phi) is 6.90. The van der Waals surface area contributed by atoms with Crippen LogP contribution in [0.25, 0.3) is 10.9 Å². The van der Waals surface area contributed by atoms with Gasteiger partial charge >= 0.3 is 6.09 Å². The summed E-state index contributed by atoms with van der Waals surface area (Å²) < 4.78 is 1.22. The van der Waals surface area contributed by atoms with Gasteiger partial charge in [0.2, 0.25) is 5.91 Å². The third-order valence-corrected chi connectivity index (χ3v) is 4.70. The smallest absolute Gasteiger partial charge is 0.416 e. The quantitative estimate of drug-likeness (QED) is 0.542. The second-order valence-electron chi connectivity index (χ2n) is 6.25. The number of rotatable bonds is 8. The van der Waals surface area contributed by atoms with Crippen molar-refractivity contribution in [2.45, 2.75) is 32.2 Å². The van der Waals surface area contributed by atoms with Gasteiger partial charge in [0.05, 0.1) is 5.52 Å². The zero-order valence-electron chi connectivity index (χ0n) is 14.3. The van der Waals surface area contributed by atoms with Gasteiger partial charge < -0.3 is 16.2 Å². The van der Waals surface area contributed by atoms with E-state index in [0.717, 1.165) is 23.8 Å². The summed E-state index contributed by atoms with van der Waals surface area (Å²) in [4.78, 5) is 23.8. The zero-order valence-corrected chi connectivity index (χ0v) is 15.2. The van der Waals surface area contributed by atoms with Crippen LogP contribution >= 0.6 is 12.6 Å². The lowest BCUT2D eigenvalue weighted by Gasteiger charge is -2.18. The van der Waals surface area contributed by atoms with Crippen LogP contribution in [0.2, 0.25) is 0 Å². The third kappa shape index (κ3) is 4.76. The highest BCUT2D eigenvalue weighted by Gasteiger charge is 2.20. The molecule has 1 unspecified atom stereocenters. The Labute approximate surface area is 152 Å². The number of aromatic nitrogens is 1. The van der Waals surface area contributed by atoms with Crippen LogP contribution in [0, 0.1) is 5.92 Å². The molecule has 2 aromatic rings. The number of hydrogen-bond acceptors (Lipinski definition) is 4. The SMILES string of the molecule is C[C@H](Cc1cn(C(=O)O)c2ccccc12)NC(=O)C(CS)CCCN. The molecule has 4 N–H and O–H groups in total. The first-order valence-electron chi connectivity index (χ1n) is 8.41. The summed E-state index contributed by atoms with van der Waals surface area (Å²) in [6.45, 7) is 2.48. The molecule has 0 aliphatic carbocycles. The fourth-order valence-corrected chi connectivity index (χ4v) is 3.33. The van der Waals surface area contributed by atoms with Crippen molar-refractivity contribution in [1.82, 2.24) is 9.88 Å². The summed E-state index contributed by atoms with van der Waals surface area (Å²) in [5.41, 5.74) is 7.06. The number of carbonyl (C=O) groups excluding carboxylic acids is 1. The van der Waals surface area contributed by atoms with Crippen molar-refractivity contribution in [3.8, 4) is 0 Å². The number of carboxylic acid groups (broad SMARTS) is 1. The maximum Gasteiger partial charge on any atom is 0.416 e. The van der Waals surface area contributed by atoms with E-state index in [1.165, 1.54) is 4.57 Å². The standard InChI is InChI=1S/C18H25N3O3S/c1-12(20-17(22)13(11-25)5-4-8-19)9-14-10-21(18(23)24)16-7-3-2-6-15(14)16/h2-3,6-7,10,12-13,25H,4-5,8-9,11,19H2,1H3,(H,20,22)(H,23,24)/t12-,13?/m1/s1. The zero-order chi connectivity index (χ0) is 18.4. The maximum atomic E-state index is 12.4. The molecule has 1 heterocycles. The molecule has 2 atom stereocenters. The first kappa shape index (κ1) is 19.3. The Morgan fingerprint density at radius 1 is 1.36 bits per heavy atom. The van der Waals surface area contributed by atoms with Gasteiger partial charge in [0.25, 0.3) is 0 Å². The van der Waals surface area contributed by atoms with Gasteiger partial charge in [-0.15, -0.1) is 0 Å². The number of hydrogen-bond donors (Lipinski definition) is 4. The molecule has 0 saturated carbocycles. The molecule has 0 bridgehead atoms. The van der Waals surface area contributed by atoms with Gasteiger partial charge in [-0.05, 0) is 44.4 Å². The van der Waals surface area contributed by atoms with E-state index in [4.69, 9.17) is 5.73 Å². The number of fused-ring (bicyclic) bond motifs is 1. The number of nitrogens with zero attached hydrogens (tertiary/aromatic N) is 1. The Hall–Kier alpha value is -1.99. The number of thiol groups is 1. The van der Waals surface area contributed by atoms with E-state index in [2.05, 4.69) is 17.9 Å². The molecule has 7 heteroatoms. The fourth-order valence-electron chi connectivity index (χ4n) is 2.98. The van der Waals surface area contributed by atoms with E-state index >= 15 is 0 Å². The van der Waals surface area contributed by atoms with E-state index in [1.807, 2.05) is 25.1 Å². The van der Waals surface area contributed by atoms with Crippen LogP contribution in [0.3, 0.4) is 0 Å². The van der Waals surface area contributed by atoms with E-state index in [1.54, 1.807) is 12.3 Å². The van der Waals surface area contributed by atoms with Gasteiger partial charge in [-0.3, -0.25) is 9.36 Å². The molecule has 0 radical (unpaired) electrons. The van der Waals surface area contributed by atoms with Crippen LogP contribution in [-0.2, 0) is 11.2 Å². The summed E-state index contributed by atoms with van der Waals surface area (Å²) >= 11 is 4.25. The number of nitrogens with two attached hydrogens (primary N) is 1. The summed E-state index contributed by atoms with van der Waals surface area (Å²) in [7, 11) is 0. The van der Waals surface area contributed by atoms with Crippen molar-refractivity contribution in [2.75, 3.05) is 12.3 Å². The van der Waals surface area contributed by atoms with Gasteiger partial charge in [-0.1, -0.05) is 18.2 Å². The minimum atomic E-state index is -1.02. The lowest BCUT2D eigenvalue weighted by atomic mass is 10.0. The highest BCUT2D eigenvalue weighted by Crippen LogP contribution is 2.22. The second kappa shape index (κ2) is 8.92. The van der Waals surface area contributed by atoms with Gasteiger partial charge in [-0.2, -0.15) is 12.6 Å². The van der Waals surface area contributed by atoms with E-state index in [0.29, 0.717) is 24.2 Å². The average molecular weight is 363 g/mol. The number of para-hydroxylation sites is 1. The maximum absolute atomic E-state index is 12.4. The van der Waals surface area contributed by atoms with Crippen molar-refractivity contribution >= 4 is 35.5 Å². The summed E-state index contributed by atoms with van der Waals surface area (Å²) in [6, 6.07) is 7.26. The fraction of sp³-hybridized carbons (Fsp3) is 0.444. The molecule has 0 saturated heterocycles. The van der Waals surface area contributed by atoms with Gasteiger partial charge in [0.15, 0.2) is 0 Å². The molecule has 0 aliphatic heterocycles. The van der Waals surface area contributed by atoms with Crippen molar-refractivity contribution < 1.29 is 14.7 Å². The normalized spacial score (nSPS) is 13.6. The molecule has 0 fully saturated rings. The largest absolute Gasteiger partial charge is 0.464 e. The van der Waals surface area contributed by atoms with Crippen molar-refractivity contribution in [3.05, 3.63) is 36.0 Å². The summed E-state index contributed by atoms with van der Waals surface area (Å²) in [6.07, 6.45) is 2.68. The number of nitrogens with one attached hydrogen (secondary N) is 1. The monoisotopic (exact) mass is 363 g/mol.